The number of benzene rings is 2. The minimum atomic E-state index is -0.923. The van der Waals surface area contributed by atoms with E-state index in [-0.39, 0.29) is 43.2 Å². The molecule has 3 aromatic rings. The summed E-state index contributed by atoms with van der Waals surface area (Å²) < 4.78 is 12.1. The van der Waals surface area contributed by atoms with Gasteiger partial charge in [-0.25, -0.2) is 10.4 Å². The zero-order valence-electron chi connectivity index (χ0n) is 38.5. The van der Waals surface area contributed by atoms with Gasteiger partial charge in [-0.3, -0.25) is 29.1 Å². The van der Waals surface area contributed by atoms with Crippen molar-refractivity contribution in [2.24, 2.45) is 16.2 Å². The van der Waals surface area contributed by atoms with Crippen molar-refractivity contribution in [2.75, 3.05) is 50.8 Å². The molecule has 4 N–H and O–H groups in total. The zero-order valence-corrected chi connectivity index (χ0v) is 39.3. The Morgan fingerprint density at radius 1 is 0.969 bits per heavy atom. The summed E-state index contributed by atoms with van der Waals surface area (Å²) in [5, 5.41) is 28.9. The van der Waals surface area contributed by atoms with Gasteiger partial charge < -0.3 is 30.3 Å². The molecule has 0 bridgehead atoms. The Morgan fingerprint density at radius 2 is 1.66 bits per heavy atom. The molecule has 0 spiro atoms. The van der Waals surface area contributed by atoms with Crippen LogP contribution in [0.1, 0.15) is 88.9 Å². The maximum absolute atomic E-state index is 14.0. The molecular formula is C48H61ClN10O6. The molecule has 0 unspecified atom stereocenters. The SMILES string of the molecule is C[C@@H]1C[C@@H](C(=O)NCc2ccc(C#N)cc2)N(C(=O)[C@@H](NC(=O)COCCN2CCN(c3ccc(C(=O)NC4C(C)(C)C(Oc5ccc(C#N)c(Cl)c5)C4(C)C)cn3)CC2)C(C)(C)C)N1. The summed E-state index contributed by atoms with van der Waals surface area (Å²) in [5.74, 6) is -0.00396. The molecule has 4 amide bonds. The quantitative estimate of drug-likeness (QED) is 0.155. The van der Waals surface area contributed by atoms with Crippen molar-refractivity contribution in [3.8, 4) is 17.9 Å². The minimum absolute atomic E-state index is 0.138. The number of amides is 4. The fourth-order valence-corrected chi connectivity index (χ4v) is 9.55. The van der Waals surface area contributed by atoms with E-state index in [4.69, 9.17) is 26.3 Å². The van der Waals surface area contributed by atoms with E-state index >= 15 is 0 Å². The van der Waals surface area contributed by atoms with Gasteiger partial charge in [0.25, 0.3) is 11.8 Å². The van der Waals surface area contributed by atoms with Crippen LogP contribution in [0.3, 0.4) is 0 Å². The number of hydrazine groups is 1. The van der Waals surface area contributed by atoms with E-state index < -0.39 is 40.1 Å². The van der Waals surface area contributed by atoms with Gasteiger partial charge >= 0.3 is 0 Å². The summed E-state index contributed by atoms with van der Waals surface area (Å²) >= 11 is 6.25. The lowest BCUT2D eigenvalue weighted by Gasteiger charge is -2.63. The molecule has 3 heterocycles. The van der Waals surface area contributed by atoms with Gasteiger partial charge in [0, 0.05) is 74.4 Å². The molecule has 16 nitrogen and oxygen atoms in total. The molecule has 3 fully saturated rings. The van der Waals surface area contributed by atoms with Crippen LogP contribution in [0.25, 0.3) is 0 Å². The third kappa shape index (κ3) is 11.4. The number of pyridine rings is 1. The molecule has 17 heteroatoms. The predicted molar refractivity (Wildman–Crippen MR) is 245 cm³/mol. The summed E-state index contributed by atoms with van der Waals surface area (Å²) in [6, 6.07) is 17.7. The van der Waals surface area contributed by atoms with E-state index in [0.717, 1.165) is 37.6 Å². The molecule has 2 saturated heterocycles. The zero-order chi connectivity index (χ0) is 47.3. The first kappa shape index (κ1) is 48.7. The average molecular weight is 910 g/mol. The molecule has 3 atom stereocenters. The lowest BCUT2D eigenvalue weighted by molar-refractivity contribution is -0.164. The molecule has 1 aliphatic carbocycles. The van der Waals surface area contributed by atoms with Crippen molar-refractivity contribution in [3.05, 3.63) is 88.1 Å². The second kappa shape index (κ2) is 20.2. The number of piperazine rings is 1. The van der Waals surface area contributed by atoms with Gasteiger partial charge in [0.1, 0.15) is 42.4 Å². The molecule has 3 aliphatic rings. The normalized spacial score (nSPS) is 21.8. The second-order valence-electron chi connectivity index (χ2n) is 19.5. The maximum atomic E-state index is 14.0. The highest BCUT2D eigenvalue weighted by Crippen LogP contribution is 2.55. The van der Waals surface area contributed by atoms with Crippen molar-refractivity contribution < 1.29 is 28.7 Å². The van der Waals surface area contributed by atoms with Gasteiger partial charge in [-0.05, 0) is 60.7 Å². The van der Waals surface area contributed by atoms with Crippen LogP contribution in [0.15, 0.2) is 60.8 Å². The molecular weight excluding hydrogens is 848 g/mol. The van der Waals surface area contributed by atoms with E-state index in [2.05, 4.69) is 76.0 Å². The lowest BCUT2D eigenvalue weighted by Crippen LogP contribution is -2.74. The van der Waals surface area contributed by atoms with Gasteiger partial charge in [-0.2, -0.15) is 10.5 Å². The van der Waals surface area contributed by atoms with Crippen LogP contribution in [-0.4, -0.2) is 115 Å². The number of carbonyl (C=O) groups excluding carboxylic acids is 4. The smallest absolute Gasteiger partial charge is 0.260 e. The van der Waals surface area contributed by atoms with E-state index in [9.17, 15) is 24.4 Å². The number of nitrogens with zero attached hydrogens (tertiary/aromatic N) is 6. The van der Waals surface area contributed by atoms with Gasteiger partial charge in [0.05, 0.1) is 34.4 Å². The topological polar surface area (TPSA) is 205 Å². The Hall–Kier alpha value is -5.78. The van der Waals surface area contributed by atoms with Crippen molar-refractivity contribution in [1.82, 2.24) is 36.3 Å². The number of ether oxygens (including phenoxy) is 2. The molecule has 6 rings (SSSR count). The number of nitrogens with one attached hydrogen (secondary N) is 4. The number of halogens is 1. The predicted octanol–water partition coefficient (Wildman–Crippen LogP) is 4.57. The average Bonchev–Trinajstić information content (AvgIpc) is 3.68. The van der Waals surface area contributed by atoms with Crippen molar-refractivity contribution in [2.45, 2.75) is 98.6 Å². The standard InChI is InChI=1S/C48H61ClN10O6/c1-30-23-37(42(62)53-27-32-11-9-31(25-50)10-12-32)59(56-30)43(63)40(46(2,3)4)54-39(60)29-64-22-21-57-17-19-58(20-18-57)38-16-14-34(28-52-38)41(61)55-44-47(5,6)45(48(44,7)8)65-35-15-13-33(26-51)36(49)24-35/h9-16,24,28,30,37,40,44-45,56H,17-23,27,29H2,1-8H3,(H,53,62)(H,54,60)(H,55,61)/t30-,37+,40-,44?,45?/m1/s1. The number of hydrogen-bond acceptors (Lipinski definition) is 12. The molecule has 2 aliphatic heterocycles. The van der Waals surface area contributed by atoms with E-state index in [1.807, 2.05) is 33.8 Å². The van der Waals surface area contributed by atoms with Crippen molar-refractivity contribution in [3.63, 3.8) is 0 Å². The van der Waals surface area contributed by atoms with E-state index in [0.29, 0.717) is 47.0 Å². The monoisotopic (exact) mass is 908 g/mol. The highest BCUT2D eigenvalue weighted by atomic mass is 35.5. The van der Waals surface area contributed by atoms with Gasteiger partial charge in [-0.1, -0.05) is 72.2 Å². The Bertz CT molecular complexity index is 2280. The van der Waals surface area contributed by atoms with Crippen LogP contribution < -0.4 is 31.0 Å². The molecule has 1 saturated carbocycles. The summed E-state index contributed by atoms with van der Waals surface area (Å²) in [6.07, 6.45) is 1.80. The summed E-state index contributed by atoms with van der Waals surface area (Å²) in [7, 11) is 0. The Balaban J connectivity index is 0.917. The lowest BCUT2D eigenvalue weighted by atomic mass is 9.49. The first-order chi connectivity index (χ1) is 30.7. The third-order valence-electron chi connectivity index (χ3n) is 12.7. The second-order valence-corrected chi connectivity index (χ2v) is 19.9. The van der Waals surface area contributed by atoms with Gasteiger partial charge in [0.15, 0.2) is 0 Å². The van der Waals surface area contributed by atoms with Gasteiger partial charge in [-0.15, -0.1) is 0 Å². The number of carbonyl (C=O) groups is 4. The maximum Gasteiger partial charge on any atom is 0.260 e. The Labute approximate surface area is 386 Å². The van der Waals surface area contributed by atoms with Crippen molar-refractivity contribution >= 4 is 41.0 Å². The van der Waals surface area contributed by atoms with Crippen LogP contribution in [0.2, 0.25) is 5.02 Å². The van der Waals surface area contributed by atoms with E-state index in [1.165, 1.54) is 5.01 Å². The van der Waals surface area contributed by atoms with Gasteiger partial charge in [0.2, 0.25) is 11.8 Å². The van der Waals surface area contributed by atoms with Crippen LogP contribution >= 0.6 is 11.6 Å². The summed E-state index contributed by atoms with van der Waals surface area (Å²) in [4.78, 5) is 63.0. The highest BCUT2D eigenvalue weighted by molar-refractivity contribution is 6.31. The summed E-state index contributed by atoms with van der Waals surface area (Å²) in [5.41, 5.74) is 3.87. The third-order valence-corrected chi connectivity index (χ3v) is 13.0. The molecule has 65 heavy (non-hydrogen) atoms. The number of hydrogen-bond donors (Lipinski definition) is 4. The number of anilines is 1. The highest BCUT2D eigenvalue weighted by Gasteiger charge is 2.64. The minimum Gasteiger partial charge on any atom is -0.489 e. The molecule has 1 aromatic heterocycles. The Morgan fingerprint density at radius 3 is 2.26 bits per heavy atom. The summed E-state index contributed by atoms with van der Waals surface area (Å²) in [6.45, 7) is 19.6. The molecule has 2 aromatic carbocycles. The van der Waals surface area contributed by atoms with Crippen LogP contribution in [0.4, 0.5) is 5.82 Å². The van der Waals surface area contributed by atoms with E-state index in [1.54, 1.807) is 54.7 Å². The first-order valence-electron chi connectivity index (χ1n) is 22.1. The van der Waals surface area contributed by atoms with Crippen LogP contribution in [-0.2, 0) is 25.7 Å². The fourth-order valence-electron chi connectivity index (χ4n) is 9.33. The van der Waals surface area contributed by atoms with Crippen LogP contribution in [0.5, 0.6) is 5.75 Å². The number of aromatic nitrogens is 1. The first-order valence-corrected chi connectivity index (χ1v) is 22.4. The Kier molecular flexibility index (Phi) is 15.1. The molecule has 0 radical (unpaired) electrons. The fraction of sp³-hybridized carbons (Fsp3) is 0.521. The van der Waals surface area contributed by atoms with Crippen molar-refractivity contribution in [1.29, 1.82) is 10.5 Å². The molecule has 346 valence electrons. The van der Waals surface area contributed by atoms with Crippen LogP contribution in [0, 0.1) is 38.9 Å². The number of nitriles is 2. The number of rotatable bonds is 15. The largest absolute Gasteiger partial charge is 0.489 e.